The summed E-state index contributed by atoms with van der Waals surface area (Å²) in [6, 6.07) is -0.423. The maximum Gasteiger partial charge on any atom is 0.334 e. The van der Waals surface area contributed by atoms with Crippen LogP contribution in [0.1, 0.15) is 13.3 Å². The summed E-state index contributed by atoms with van der Waals surface area (Å²) in [5.41, 5.74) is 0. The van der Waals surface area contributed by atoms with E-state index in [9.17, 15) is 4.79 Å². The average molecular weight is 183 g/mol. The minimum atomic E-state index is -0.423. The monoisotopic (exact) mass is 183 g/mol. The molecule has 1 aliphatic heterocycles. The number of hydrogen-bond acceptors (Lipinski definition) is 4. The largest absolute Gasteiger partial charge is 0.478 e. The van der Waals surface area contributed by atoms with E-state index in [2.05, 4.69) is 16.7 Å². The van der Waals surface area contributed by atoms with E-state index >= 15 is 0 Å². The molecule has 0 aromatic rings. The van der Waals surface area contributed by atoms with E-state index in [-0.39, 0.29) is 5.97 Å². The number of rotatable bonds is 2. The van der Waals surface area contributed by atoms with E-state index < -0.39 is 6.04 Å². The summed E-state index contributed by atoms with van der Waals surface area (Å²) in [6.45, 7) is 2.51. The Morgan fingerprint density at radius 3 is 2.92 bits per heavy atom. The lowest BCUT2D eigenvalue weighted by molar-refractivity contribution is -0.142. The predicted molar refractivity (Wildman–Crippen MR) is 46.5 cm³/mol. The van der Waals surface area contributed by atoms with Gasteiger partial charge in [-0.05, 0) is 12.3 Å². The number of hydrogen-bond donors (Lipinski definition) is 0. The minimum Gasteiger partial charge on any atom is -0.478 e. The first kappa shape index (κ1) is 8.53. The van der Waals surface area contributed by atoms with Gasteiger partial charge in [-0.15, -0.1) is 0 Å². The van der Waals surface area contributed by atoms with Gasteiger partial charge < -0.3 is 9.47 Å². The molecule has 0 radical (unpaired) electrons. The molecule has 0 N–H and O–H groups in total. The molecular weight excluding hydrogens is 170 g/mol. The summed E-state index contributed by atoms with van der Waals surface area (Å²) in [4.78, 5) is 15.3. The summed E-state index contributed by atoms with van der Waals surface area (Å²) in [5.74, 6) is 1.57. The van der Waals surface area contributed by atoms with Gasteiger partial charge in [0.05, 0.1) is 7.11 Å². The van der Waals surface area contributed by atoms with Crippen molar-refractivity contribution in [3.63, 3.8) is 0 Å². The van der Waals surface area contributed by atoms with Gasteiger partial charge in [-0.25, -0.2) is 9.79 Å². The van der Waals surface area contributed by atoms with Crippen LogP contribution in [0.15, 0.2) is 4.99 Å². The zero-order chi connectivity index (χ0) is 9.42. The van der Waals surface area contributed by atoms with Gasteiger partial charge in [-0.3, -0.25) is 0 Å². The molecule has 2 aliphatic rings. The van der Waals surface area contributed by atoms with Crippen molar-refractivity contribution in [1.29, 1.82) is 0 Å². The van der Waals surface area contributed by atoms with Gasteiger partial charge in [0, 0.05) is 5.92 Å². The average Bonchev–Trinajstić information content (AvgIpc) is 2.70. The Morgan fingerprint density at radius 1 is 1.69 bits per heavy atom. The van der Waals surface area contributed by atoms with Crippen molar-refractivity contribution in [3.8, 4) is 0 Å². The summed E-state index contributed by atoms with van der Waals surface area (Å²) in [5, 5.41) is 0. The molecule has 1 fully saturated rings. The molecule has 1 aliphatic carbocycles. The molecule has 13 heavy (non-hydrogen) atoms. The van der Waals surface area contributed by atoms with Crippen LogP contribution in [0.2, 0.25) is 0 Å². The summed E-state index contributed by atoms with van der Waals surface area (Å²) < 4.78 is 9.92. The van der Waals surface area contributed by atoms with Crippen molar-refractivity contribution in [1.82, 2.24) is 0 Å². The fourth-order valence-corrected chi connectivity index (χ4v) is 1.52. The van der Waals surface area contributed by atoms with Crippen LogP contribution in [-0.4, -0.2) is 31.6 Å². The smallest absolute Gasteiger partial charge is 0.334 e. The highest BCUT2D eigenvalue weighted by Crippen LogP contribution is 2.40. The molecule has 4 heteroatoms. The molecular formula is C9H13NO3. The topological polar surface area (TPSA) is 47.9 Å². The number of carbonyl (C=O) groups is 1. The fourth-order valence-electron chi connectivity index (χ4n) is 1.52. The fraction of sp³-hybridized carbons (Fsp3) is 0.778. The van der Waals surface area contributed by atoms with Crippen molar-refractivity contribution >= 4 is 11.9 Å². The van der Waals surface area contributed by atoms with E-state index in [0.29, 0.717) is 18.4 Å². The summed E-state index contributed by atoms with van der Waals surface area (Å²) in [6.07, 6.45) is 1.13. The van der Waals surface area contributed by atoms with Gasteiger partial charge in [0.15, 0.2) is 11.9 Å². The second kappa shape index (κ2) is 3.01. The first-order chi connectivity index (χ1) is 6.22. The van der Waals surface area contributed by atoms with E-state index in [1.54, 1.807) is 0 Å². The molecule has 4 nitrogen and oxygen atoms in total. The quantitative estimate of drug-likeness (QED) is 0.589. The Bertz CT molecular complexity index is 262. The molecule has 0 aromatic carbocycles. The van der Waals surface area contributed by atoms with Crippen LogP contribution >= 0.6 is 0 Å². The van der Waals surface area contributed by atoms with Gasteiger partial charge in [0.2, 0.25) is 0 Å². The van der Waals surface area contributed by atoms with E-state index in [1.807, 2.05) is 0 Å². The molecule has 3 atom stereocenters. The molecule has 1 heterocycles. The second-order valence-corrected chi connectivity index (χ2v) is 3.64. The summed E-state index contributed by atoms with van der Waals surface area (Å²) in [7, 11) is 1.37. The first-order valence-corrected chi connectivity index (χ1v) is 4.50. The van der Waals surface area contributed by atoms with Crippen molar-refractivity contribution < 1.29 is 14.3 Å². The van der Waals surface area contributed by atoms with Gasteiger partial charge in [-0.2, -0.15) is 0 Å². The van der Waals surface area contributed by atoms with Crippen LogP contribution in [0, 0.1) is 11.8 Å². The van der Waals surface area contributed by atoms with E-state index in [4.69, 9.17) is 4.74 Å². The normalized spacial score (nSPS) is 36.5. The molecule has 0 saturated heterocycles. The molecule has 0 aromatic heterocycles. The maximum absolute atomic E-state index is 11.1. The van der Waals surface area contributed by atoms with Gasteiger partial charge in [0.1, 0.15) is 6.61 Å². The van der Waals surface area contributed by atoms with E-state index in [0.717, 1.165) is 12.3 Å². The zero-order valence-corrected chi connectivity index (χ0v) is 7.82. The molecule has 2 rings (SSSR count). The third-order valence-corrected chi connectivity index (χ3v) is 2.57. The third kappa shape index (κ3) is 1.53. The molecule has 0 spiro atoms. The summed E-state index contributed by atoms with van der Waals surface area (Å²) >= 11 is 0. The van der Waals surface area contributed by atoms with Crippen molar-refractivity contribution in [2.45, 2.75) is 19.4 Å². The number of methoxy groups -OCH3 is 1. The van der Waals surface area contributed by atoms with Crippen LogP contribution in [-0.2, 0) is 14.3 Å². The SMILES string of the molecule is COC(=O)[C@@H]1COC([C@@H]2C[C@@H]2C)=N1. The van der Waals surface area contributed by atoms with E-state index in [1.165, 1.54) is 7.11 Å². The molecule has 0 amide bonds. The second-order valence-electron chi connectivity index (χ2n) is 3.64. The Hall–Kier alpha value is -1.06. The van der Waals surface area contributed by atoms with Crippen LogP contribution in [0.4, 0.5) is 0 Å². The number of carbonyl (C=O) groups excluding carboxylic acids is 1. The molecule has 1 saturated carbocycles. The molecule has 0 bridgehead atoms. The first-order valence-electron chi connectivity index (χ1n) is 4.50. The highest BCUT2D eigenvalue weighted by molar-refractivity contribution is 5.88. The lowest BCUT2D eigenvalue weighted by atomic mass is 10.3. The Morgan fingerprint density at radius 2 is 2.38 bits per heavy atom. The van der Waals surface area contributed by atoms with Gasteiger partial charge in [-0.1, -0.05) is 6.92 Å². The van der Waals surface area contributed by atoms with Crippen molar-refractivity contribution in [2.24, 2.45) is 16.8 Å². The lowest BCUT2D eigenvalue weighted by Gasteiger charge is -2.00. The number of ether oxygens (including phenoxy) is 2. The molecule has 72 valence electrons. The molecule has 0 unspecified atom stereocenters. The highest BCUT2D eigenvalue weighted by Gasteiger charge is 2.42. The predicted octanol–water partition coefficient (Wildman–Crippen LogP) is 0.613. The lowest BCUT2D eigenvalue weighted by Crippen LogP contribution is -2.21. The van der Waals surface area contributed by atoms with Crippen molar-refractivity contribution in [3.05, 3.63) is 0 Å². The van der Waals surface area contributed by atoms with Crippen molar-refractivity contribution in [2.75, 3.05) is 13.7 Å². The zero-order valence-electron chi connectivity index (χ0n) is 7.82. The third-order valence-electron chi connectivity index (χ3n) is 2.57. The Kier molecular flexibility index (Phi) is 1.98. The van der Waals surface area contributed by atoms with Crippen LogP contribution in [0.3, 0.4) is 0 Å². The van der Waals surface area contributed by atoms with Gasteiger partial charge >= 0.3 is 5.97 Å². The maximum atomic E-state index is 11.1. The number of aliphatic imine (C=N–C) groups is 1. The van der Waals surface area contributed by atoms with Gasteiger partial charge in [0.25, 0.3) is 0 Å². The highest BCUT2D eigenvalue weighted by atomic mass is 16.5. The Balaban J connectivity index is 1.97. The minimum absolute atomic E-state index is 0.302. The number of esters is 1. The van der Waals surface area contributed by atoms with Crippen LogP contribution < -0.4 is 0 Å². The number of nitrogens with zero attached hydrogens (tertiary/aromatic N) is 1. The standard InChI is InChI=1S/C9H13NO3/c1-5-3-6(5)8-10-7(4-13-8)9(11)12-2/h5-7H,3-4H2,1-2H3/t5-,6+,7-/m0/s1. The Labute approximate surface area is 76.9 Å². The van der Waals surface area contributed by atoms with Crippen LogP contribution in [0.25, 0.3) is 0 Å². The van der Waals surface area contributed by atoms with Crippen LogP contribution in [0.5, 0.6) is 0 Å².